The van der Waals surface area contributed by atoms with Crippen LogP contribution in [0.5, 0.6) is 0 Å². The van der Waals surface area contributed by atoms with Crippen molar-refractivity contribution in [3.05, 3.63) is 35.0 Å². The van der Waals surface area contributed by atoms with Gasteiger partial charge in [-0.1, -0.05) is 26.0 Å². The number of rotatable bonds is 2. The molecule has 0 unspecified atom stereocenters. The van der Waals surface area contributed by atoms with Crippen LogP contribution in [-0.2, 0) is 0 Å². The summed E-state index contributed by atoms with van der Waals surface area (Å²) in [5, 5.41) is 10.1. The second-order valence-electron chi connectivity index (χ2n) is 4.37. The fourth-order valence-corrected chi connectivity index (χ4v) is 2.10. The minimum Gasteiger partial charge on any atom is -0.478 e. The van der Waals surface area contributed by atoms with Crippen molar-refractivity contribution >= 4 is 16.9 Å². The van der Waals surface area contributed by atoms with Gasteiger partial charge in [-0.15, -0.1) is 0 Å². The molecule has 0 radical (unpaired) electrons. The average Bonchev–Trinajstić information content (AvgIpc) is 2.58. The summed E-state index contributed by atoms with van der Waals surface area (Å²) in [6.45, 7) is 5.92. The van der Waals surface area contributed by atoms with Gasteiger partial charge in [0.15, 0.2) is 0 Å². The number of aryl methyl sites for hydroxylation is 1. The van der Waals surface area contributed by atoms with E-state index in [1.807, 2.05) is 39.0 Å². The molecule has 16 heavy (non-hydrogen) atoms. The Morgan fingerprint density at radius 3 is 2.62 bits per heavy atom. The minimum absolute atomic E-state index is 0.179. The first-order valence-electron chi connectivity index (χ1n) is 5.37. The third kappa shape index (κ3) is 1.48. The number of nitrogens with one attached hydrogen (secondary N) is 1. The largest absolute Gasteiger partial charge is 0.478 e. The summed E-state index contributed by atoms with van der Waals surface area (Å²) < 4.78 is 0. The number of hydrogen-bond donors (Lipinski definition) is 2. The quantitative estimate of drug-likeness (QED) is 0.810. The van der Waals surface area contributed by atoms with Crippen molar-refractivity contribution < 1.29 is 9.90 Å². The normalized spacial score (nSPS) is 11.2. The van der Waals surface area contributed by atoms with Crippen LogP contribution in [0.15, 0.2) is 18.2 Å². The van der Waals surface area contributed by atoms with Gasteiger partial charge in [-0.05, 0) is 24.5 Å². The maximum atomic E-state index is 11.3. The van der Waals surface area contributed by atoms with Crippen LogP contribution in [0.1, 0.15) is 41.4 Å². The molecule has 0 atom stereocenters. The molecule has 0 spiro atoms. The number of H-pyrrole nitrogens is 1. The van der Waals surface area contributed by atoms with Crippen LogP contribution in [-0.4, -0.2) is 16.1 Å². The number of aromatic amines is 1. The Hall–Kier alpha value is -1.77. The molecule has 0 saturated heterocycles. The monoisotopic (exact) mass is 217 g/mol. The molecular formula is C13H15NO2. The van der Waals surface area contributed by atoms with Gasteiger partial charge in [0, 0.05) is 16.6 Å². The van der Waals surface area contributed by atoms with Crippen molar-refractivity contribution in [2.75, 3.05) is 0 Å². The van der Waals surface area contributed by atoms with Crippen LogP contribution in [0.25, 0.3) is 10.9 Å². The smallest absolute Gasteiger partial charge is 0.338 e. The van der Waals surface area contributed by atoms with Crippen molar-refractivity contribution in [3.8, 4) is 0 Å². The molecule has 2 N–H and O–H groups in total. The van der Waals surface area contributed by atoms with Gasteiger partial charge >= 0.3 is 5.97 Å². The zero-order chi connectivity index (χ0) is 11.9. The minimum atomic E-state index is -0.857. The Morgan fingerprint density at radius 2 is 2.06 bits per heavy atom. The predicted molar refractivity (Wildman–Crippen MR) is 64.1 cm³/mol. The molecule has 0 aliphatic rings. The standard InChI is InChI=1S/C13H15NO2/c1-7(2)12-11(13(15)16)10-8(3)5-4-6-9(10)14-12/h4-7,14H,1-3H3,(H,15,16). The zero-order valence-corrected chi connectivity index (χ0v) is 9.66. The Kier molecular flexibility index (Phi) is 2.46. The van der Waals surface area contributed by atoms with E-state index in [0.717, 1.165) is 22.2 Å². The summed E-state index contributed by atoms with van der Waals surface area (Å²) in [6, 6.07) is 5.79. The molecule has 1 aromatic carbocycles. The number of benzene rings is 1. The molecule has 0 aliphatic carbocycles. The lowest BCUT2D eigenvalue weighted by Crippen LogP contribution is -2.02. The highest BCUT2D eigenvalue weighted by atomic mass is 16.4. The number of carboxylic acid groups (broad SMARTS) is 1. The first-order chi connectivity index (χ1) is 7.52. The van der Waals surface area contributed by atoms with E-state index in [9.17, 15) is 9.90 Å². The van der Waals surface area contributed by atoms with Gasteiger partial charge in [-0.2, -0.15) is 0 Å². The molecule has 0 amide bonds. The summed E-state index contributed by atoms with van der Waals surface area (Å²) >= 11 is 0. The number of fused-ring (bicyclic) bond motifs is 1. The first-order valence-corrected chi connectivity index (χ1v) is 5.37. The van der Waals surface area contributed by atoms with Gasteiger partial charge in [-0.25, -0.2) is 4.79 Å². The highest BCUT2D eigenvalue weighted by Crippen LogP contribution is 2.29. The van der Waals surface area contributed by atoms with Crippen LogP contribution < -0.4 is 0 Å². The molecule has 0 fully saturated rings. The first kappa shape index (κ1) is 10.7. The highest BCUT2D eigenvalue weighted by Gasteiger charge is 2.20. The van der Waals surface area contributed by atoms with Gasteiger partial charge in [0.2, 0.25) is 0 Å². The number of hydrogen-bond acceptors (Lipinski definition) is 1. The van der Waals surface area contributed by atoms with Gasteiger partial charge in [0.1, 0.15) is 0 Å². The van der Waals surface area contributed by atoms with Crippen LogP contribution in [0.3, 0.4) is 0 Å². The highest BCUT2D eigenvalue weighted by molar-refractivity contribution is 6.06. The number of carbonyl (C=O) groups is 1. The molecule has 84 valence electrons. The molecule has 0 saturated carbocycles. The predicted octanol–water partition coefficient (Wildman–Crippen LogP) is 3.30. The van der Waals surface area contributed by atoms with E-state index in [2.05, 4.69) is 4.98 Å². The van der Waals surface area contributed by atoms with E-state index in [1.165, 1.54) is 0 Å². The third-order valence-electron chi connectivity index (χ3n) is 2.85. The Labute approximate surface area is 94.1 Å². The molecule has 1 heterocycles. The van der Waals surface area contributed by atoms with Gasteiger partial charge in [0.05, 0.1) is 5.56 Å². The topological polar surface area (TPSA) is 53.1 Å². The zero-order valence-electron chi connectivity index (χ0n) is 9.66. The van der Waals surface area contributed by atoms with Gasteiger partial charge < -0.3 is 10.1 Å². The van der Waals surface area contributed by atoms with Crippen LogP contribution in [0, 0.1) is 6.92 Å². The van der Waals surface area contributed by atoms with E-state index < -0.39 is 5.97 Å². The fourth-order valence-electron chi connectivity index (χ4n) is 2.10. The maximum Gasteiger partial charge on any atom is 0.338 e. The fraction of sp³-hybridized carbons (Fsp3) is 0.308. The SMILES string of the molecule is Cc1cccc2[nH]c(C(C)C)c(C(=O)O)c12. The number of aromatic carboxylic acids is 1. The van der Waals surface area contributed by atoms with Crippen molar-refractivity contribution in [2.24, 2.45) is 0 Å². The second-order valence-corrected chi connectivity index (χ2v) is 4.37. The lowest BCUT2D eigenvalue weighted by molar-refractivity contribution is 0.0697. The molecule has 3 nitrogen and oxygen atoms in total. The van der Waals surface area contributed by atoms with Crippen molar-refractivity contribution in [3.63, 3.8) is 0 Å². The number of aromatic nitrogens is 1. The Morgan fingerprint density at radius 1 is 1.38 bits per heavy atom. The molecular weight excluding hydrogens is 202 g/mol. The van der Waals surface area contributed by atoms with E-state index in [0.29, 0.717) is 5.56 Å². The van der Waals surface area contributed by atoms with Crippen LogP contribution in [0.4, 0.5) is 0 Å². The third-order valence-corrected chi connectivity index (χ3v) is 2.85. The lowest BCUT2D eigenvalue weighted by atomic mass is 10.0. The summed E-state index contributed by atoms with van der Waals surface area (Å²) in [6.07, 6.45) is 0. The number of carboxylic acids is 1. The van der Waals surface area contributed by atoms with Gasteiger partial charge in [-0.3, -0.25) is 0 Å². The van der Waals surface area contributed by atoms with E-state index in [4.69, 9.17) is 0 Å². The molecule has 3 heteroatoms. The molecule has 2 aromatic rings. The second kappa shape index (κ2) is 3.67. The molecule has 0 bridgehead atoms. The van der Waals surface area contributed by atoms with E-state index in [-0.39, 0.29) is 5.92 Å². The maximum absolute atomic E-state index is 11.3. The summed E-state index contributed by atoms with van der Waals surface area (Å²) in [5.74, 6) is -0.679. The summed E-state index contributed by atoms with van der Waals surface area (Å²) in [7, 11) is 0. The van der Waals surface area contributed by atoms with E-state index >= 15 is 0 Å². The van der Waals surface area contributed by atoms with Crippen molar-refractivity contribution in [1.29, 1.82) is 0 Å². The van der Waals surface area contributed by atoms with Crippen LogP contribution >= 0.6 is 0 Å². The van der Waals surface area contributed by atoms with Crippen molar-refractivity contribution in [1.82, 2.24) is 4.98 Å². The van der Waals surface area contributed by atoms with Gasteiger partial charge in [0.25, 0.3) is 0 Å². The van der Waals surface area contributed by atoms with Crippen LogP contribution in [0.2, 0.25) is 0 Å². The van der Waals surface area contributed by atoms with E-state index in [1.54, 1.807) is 0 Å². The molecule has 1 aromatic heterocycles. The molecule has 0 aliphatic heterocycles. The molecule has 2 rings (SSSR count). The average molecular weight is 217 g/mol. The van der Waals surface area contributed by atoms with Crippen molar-refractivity contribution in [2.45, 2.75) is 26.7 Å². The Bertz CT molecular complexity index is 552. The lowest BCUT2D eigenvalue weighted by Gasteiger charge is -2.03. The summed E-state index contributed by atoms with van der Waals surface area (Å²) in [4.78, 5) is 14.5. The summed E-state index contributed by atoms with van der Waals surface area (Å²) in [5.41, 5.74) is 3.12. The Balaban J connectivity index is 2.88.